The molecule has 22 heavy (non-hydrogen) atoms. The second-order valence-electron chi connectivity index (χ2n) is 4.97. The van der Waals surface area contributed by atoms with Gasteiger partial charge in [-0.2, -0.15) is 0 Å². The van der Waals surface area contributed by atoms with E-state index in [0.29, 0.717) is 37.2 Å². The fraction of sp³-hybridized carbons (Fsp3) is 0.357. The van der Waals surface area contributed by atoms with Crippen LogP contribution in [0.3, 0.4) is 0 Å². The van der Waals surface area contributed by atoms with Crippen molar-refractivity contribution in [1.82, 2.24) is 19.4 Å². The molecule has 8 heteroatoms. The van der Waals surface area contributed by atoms with Crippen molar-refractivity contribution in [2.75, 3.05) is 26.2 Å². The minimum absolute atomic E-state index is 0.0370. The van der Waals surface area contributed by atoms with Crippen molar-refractivity contribution < 1.29 is 14.0 Å². The predicted molar refractivity (Wildman–Crippen MR) is 78.4 cm³/mol. The summed E-state index contributed by atoms with van der Waals surface area (Å²) in [5.74, 6) is 0.143. The van der Waals surface area contributed by atoms with Crippen molar-refractivity contribution in [3.8, 4) is 0 Å². The molecule has 0 spiro atoms. The second kappa shape index (κ2) is 6.23. The lowest BCUT2D eigenvalue weighted by Gasteiger charge is -2.34. The third kappa shape index (κ3) is 2.99. The summed E-state index contributed by atoms with van der Waals surface area (Å²) in [6.07, 6.45) is 4.69. The molecule has 7 nitrogen and oxygen atoms in total. The van der Waals surface area contributed by atoms with Crippen LogP contribution in [0.4, 0.5) is 0 Å². The number of nitrogens with zero attached hydrogens (tertiary/aromatic N) is 4. The van der Waals surface area contributed by atoms with Crippen LogP contribution in [0.5, 0.6) is 0 Å². The van der Waals surface area contributed by atoms with Gasteiger partial charge in [-0.05, 0) is 23.7 Å². The summed E-state index contributed by atoms with van der Waals surface area (Å²) in [7, 11) is 0. The predicted octanol–water partition coefficient (Wildman–Crippen LogP) is 1.11. The lowest BCUT2D eigenvalue weighted by molar-refractivity contribution is -0.133. The van der Waals surface area contributed by atoms with Crippen LogP contribution in [0, 0.1) is 0 Å². The Balaban J connectivity index is 1.54. The Bertz CT molecular complexity index is 659. The molecule has 0 saturated carbocycles. The van der Waals surface area contributed by atoms with E-state index in [-0.39, 0.29) is 18.4 Å². The van der Waals surface area contributed by atoms with E-state index in [2.05, 4.69) is 4.98 Å². The zero-order valence-electron chi connectivity index (χ0n) is 11.8. The number of carbonyl (C=O) groups is 2. The number of aromatic nitrogens is 2. The smallest absolute Gasteiger partial charge is 0.289 e. The molecule has 1 fully saturated rings. The van der Waals surface area contributed by atoms with E-state index in [9.17, 15) is 9.59 Å². The normalized spacial score (nSPS) is 15.1. The highest BCUT2D eigenvalue weighted by atomic mass is 35.5. The average molecular weight is 323 g/mol. The topological polar surface area (TPSA) is 71.6 Å². The SMILES string of the molecule is O=C(Cn1ccnc1Cl)N1CCN(C(=O)c2ccco2)CC1. The number of carbonyl (C=O) groups excluding carboxylic acids is 2. The number of hydrogen-bond acceptors (Lipinski definition) is 4. The van der Waals surface area contributed by atoms with Crippen molar-refractivity contribution >= 4 is 23.4 Å². The average Bonchev–Trinajstić information content (AvgIpc) is 3.19. The third-order valence-electron chi connectivity index (χ3n) is 3.62. The monoisotopic (exact) mass is 322 g/mol. The van der Waals surface area contributed by atoms with Gasteiger partial charge in [-0.15, -0.1) is 0 Å². The quantitative estimate of drug-likeness (QED) is 0.849. The Labute approximate surface area is 132 Å². The molecule has 2 aromatic heterocycles. The van der Waals surface area contributed by atoms with Crippen LogP contribution in [-0.2, 0) is 11.3 Å². The summed E-state index contributed by atoms with van der Waals surface area (Å²) >= 11 is 5.86. The number of furan rings is 1. The molecule has 2 aromatic rings. The van der Waals surface area contributed by atoms with E-state index in [1.807, 2.05) is 0 Å². The lowest BCUT2D eigenvalue weighted by Crippen LogP contribution is -2.51. The minimum Gasteiger partial charge on any atom is -0.459 e. The van der Waals surface area contributed by atoms with E-state index in [4.69, 9.17) is 16.0 Å². The van der Waals surface area contributed by atoms with Crippen LogP contribution in [0.15, 0.2) is 35.2 Å². The molecule has 0 N–H and O–H groups in total. The molecule has 3 heterocycles. The standard InChI is InChI=1S/C14H15ClN4O3/c15-14-16-3-4-19(14)10-12(20)17-5-7-18(8-6-17)13(21)11-2-1-9-22-11/h1-4,9H,5-8,10H2. The molecule has 3 rings (SSSR count). The minimum atomic E-state index is -0.144. The number of amides is 2. The van der Waals surface area contributed by atoms with E-state index < -0.39 is 0 Å². The van der Waals surface area contributed by atoms with Crippen molar-refractivity contribution in [2.45, 2.75) is 6.54 Å². The summed E-state index contributed by atoms with van der Waals surface area (Å²) in [4.78, 5) is 31.6. The maximum absolute atomic E-state index is 12.2. The molecule has 1 aliphatic heterocycles. The zero-order chi connectivity index (χ0) is 15.5. The van der Waals surface area contributed by atoms with Gasteiger partial charge in [0.15, 0.2) is 5.76 Å². The zero-order valence-corrected chi connectivity index (χ0v) is 12.6. The largest absolute Gasteiger partial charge is 0.459 e. The third-order valence-corrected chi connectivity index (χ3v) is 3.94. The van der Waals surface area contributed by atoms with Crippen LogP contribution in [0.25, 0.3) is 0 Å². The Morgan fingerprint density at radius 3 is 2.55 bits per heavy atom. The van der Waals surface area contributed by atoms with Gasteiger partial charge in [0.25, 0.3) is 5.91 Å². The summed E-state index contributed by atoms with van der Waals surface area (Å²) in [6.45, 7) is 2.13. The molecule has 0 bridgehead atoms. The van der Waals surface area contributed by atoms with E-state index in [0.717, 1.165) is 0 Å². The van der Waals surface area contributed by atoms with Crippen molar-refractivity contribution in [2.24, 2.45) is 0 Å². The Kier molecular flexibility index (Phi) is 4.15. The van der Waals surface area contributed by atoms with Gasteiger partial charge >= 0.3 is 0 Å². The molecule has 0 aliphatic carbocycles. The first-order chi connectivity index (χ1) is 10.6. The van der Waals surface area contributed by atoms with Crippen LogP contribution in [0.2, 0.25) is 5.28 Å². The highest BCUT2D eigenvalue weighted by Crippen LogP contribution is 2.11. The first-order valence-electron chi connectivity index (χ1n) is 6.92. The molecule has 116 valence electrons. The fourth-order valence-electron chi connectivity index (χ4n) is 2.39. The maximum Gasteiger partial charge on any atom is 0.289 e. The van der Waals surface area contributed by atoms with Gasteiger partial charge in [-0.1, -0.05) is 0 Å². The van der Waals surface area contributed by atoms with E-state index in [1.165, 1.54) is 6.26 Å². The fourth-order valence-corrected chi connectivity index (χ4v) is 2.56. The van der Waals surface area contributed by atoms with Crippen LogP contribution < -0.4 is 0 Å². The molecule has 0 atom stereocenters. The number of piperazine rings is 1. The maximum atomic E-state index is 12.2. The lowest BCUT2D eigenvalue weighted by atomic mass is 10.2. The summed E-state index contributed by atoms with van der Waals surface area (Å²) in [5.41, 5.74) is 0. The first-order valence-corrected chi connectivity index (χ1v) is 7.30. The molecule has 0 radical (unpaired) electrons. The summed E-state index contributed by atoms with van der Waals surface area (Å²) in [5, 5.41) is 0.292. The number of halogens is 1. The van der Waals surface area contributed by atoms with E-state index in [1.54, 1.807) is 38.9 Å². The molecule has 0 unspecified atom stereocenters. The van der Waals surface area contributed by atoms with Crippen molar-refractivity contribution in [3.63, 3.8) is 0 Å². The Hall–Kier alpha value is -2.28. The van der Waals surface area contributed by atoms with Gasteiger partial charge < -0.3 is 18.8 Å². The number of hydrogen-bond donors (Lipinski definition) is 0. The Morgan fingerprint density at radius 1 is 1.23 bits per heavy atom. The van der Waals surface area contributed by atoms with Gasteiger partial charge in [0.05, 0.1) is 6.26 Å². The Morgan fingerprint density at radius 2 is 1.95 bits per heavy atom. The molecule has 1 saturated heterocycles. The number of rotatable bonds is 3. The highest BCUT2D eigenvalue weighted by Gasteiger charge is 2.26. The molecular formula is C14H15ClN4O3. The molecule has 1 aliphatic rings. The van der Waals surface area contributed by atoms with Gasteiger partial charge in [0, 0.05) is 38.6 Å². The highest BCUT2D eigenvalue weighted by molar-refractivity contribution is 6.28. The van der Waals surface area contributed by atoms with Crippen LogP contribution in [-0.4, -0.2) is 57.3 Å². The van der Waals surface area contributed by atoms with Crippen molar-refractivity contribution in [1.29, 1.82) is 0 Å². The second-order valence-corrected chi connectivity index (χ2v) is 5.31. The summed E-state index contributed by atoms with van der Waals surface area (Å²) in [6, 6.07) is 3.32. The molecule has 0 aromatic carbocycles. The van der Waals surface area contributed by atoms with Gasteiger partial charge in [0.1, 0.15) is 6.54 Å². The molecule has 2 amide bonds. The first kappa shape index (κ1) is 14.6. The van der Waals surface area contributed by atoms with Crippen LogP contribution in [0.1, 0.15) is 10.6 Å². The van der Waals surface area contributed by atoms with Gasteiger partial charge in [-0.3, -0.25) is 9.59 Å². The van der Waals surface area contributed by atoms with Gasteiger partial charge in [0.2, 0.25) is 11.2 Å². The van der Waals surface area contributed by atoms with Crippen molar-refractivity contribution in [3.05, 3.63) is 41.8 Å². The molecular weight excluding hydrogens is 308 g/mol. The van der Waals surface area contributed by atoms with Crippen LogP contribution >= 0.6 is 11.6 Å². The summed E-state index contributed by atoms with van der Waals surface area (Å²) < 4.78 is 6.70. The number of imidazole rings is 1. The van der Waals surface area contributed by atoms with Gasteiger partial charge in [-0.25, -0.2) is 4.98 Å². The van der Waals surface area contributed by atoms with E-state index >= 15 is 0 Å².